The number of carbonyl (C=O) groups is 1. The fourth-order valence-corrected chi connectivity index (χ4v) is 3.63. The van der Waals surface area contributed by atoms with Gasteiger partial charge in [-0.05, 0) is 12.8 Å². The third-order valence-corrected chi connectivity index (χ3v) is 5.34. The average Bonchev–Trinajstić information content (AvgIpc) is 2.68. The number of rotatable bonds is 16. The Bertz CT molecular complexity index is 503. The number of methoxy groups -OCH3 is 1. The zero-order valence-electron chi connectivity index (χ0n) is 18.0. The molecule has 0 bridgehead atoms. The lowest BCUT2D eigenvalue weighted by atomic mass is 10.0. The van der Waals surface area contributed by atoms with E-state index in [9.17, 15) is 9.90 Å². The molecule has 0 aromatic heterocycles. The van der Waals surface area contributed by atoms with Crippen LogP contribution in [0.2, 0.25) is 0 Å². The molecule has 1 heterocycles. The third kappa shape index (κ3) is 10.1. The second kappa shape index (κ2) is 15.4. The van der Waals surface area contributed by atoms with Crippen molar-refractivity contribution in [3.8, 4) is 0 Å². The summed E-state index contributed by atoms with van der Waals surface area (Å²) in [6.45, 7) is 2.26. The average molecular weight is 396 g/mol. The number of nitrogens with two attached hydrogens (primary N) is 1. The fraction of sp³-hybridized carbons (Fsp3) is 0.818. The maximum absolute atomic E-state index is 11.9. The quantitative estimate of drug-likeness (QED) is 0.264. The summed E-state index contributed by atoms with van der Waals surface area (Å²) >= 11 is 0. The van der Waals surface area contributed by atoms with Crippen LogP contribution >= 0.6 is 0 Å². The van der Waals surface area contributed by atoms with Crippen LogP contribution in [0.25, 0.3) is 0 Å². The van der Waals surface area contributed by atoms with Gasteiger partial charge in [-0.3, -0.25) is 0 Å². The van der Waals surface area contributed by atoms with Crippen LogP contribution in [0.15, 0.2) is 16.3 Å². The predicted octanol–water partition coefficient (Wildman–Crippen LogP) is 4.52. The summed E-state index contributed by atoms with van der Waals surface area (Å²) in [5.41, 5.74) is 6.39. The van der Waals surface area contributed by atoms with Crippen molar-refractivity contribution in [2.45, 2.75) is 109 Å². The predicted molar refractivity (Wildman–Crippen MR) is 115 cm³/mol. The summed E-state index contributed by atoms with van der Waals surface area (Å²) in [4.78, 5) is 15.7. The molecule has 6 heteroatoms. The molecular formula is C22H41N3O3. The molecule has 0 unspecified atom stereocenters. The van der Waals surface area contributed by atoms with Gasteiger partial charge >= 0.3 is 5.97 Å². The molecule has 0 fully saturated rings. The van der Waals surface area contributed by atoms with Crippen molar-refractivity contribution >= 4 is 11.9 Å². The van der Waals surface area contributed by atoms with Gasteiger partial charge in [0, 0.05) is 5.57 Å². The monoisotopic (exact) mass is 395 g/mol. The molecule has 0 radical (unpaired) electrons. The minimum atomic E-state index is -1.06. The number of nitrogens with one attached hydrogen (secondary N) is 1. The smallest absolute Gasteiger partial charge is 0.354 e. The van der Waals surface area contributed by atoms with Crippen LogP contribution in [0, 0.1) is 0 Å². The molecule has 0 saturated carbocycles. The topological polar surface area (TPSA) is 96.9 Å². The van der Waals surface area contributed by atoms with Crippen molar-refractivity contribution in [1.29, 1.82) is 0 Å². The Labute approximate surface area is 171 Å². The molecule has 162 valence electrons. The molecular weight excluding hydrogens is 354 g/mol. The second-order valence-electron chi connectivity index (χ2n) is 7.75. The van der Waals surface area contributed by atoms with Gasteiger partial charge in [-0.1, -0.05) is 90.4 Å². The van der Waals surface area contributed by atoms with E-state index in [1.807, 2.05) is 0 Å². The number of guanidine groups is 1. The number of unbranched alkanes of at least 4 members (excludes halogenated alkanes) is 13. The number of carbonyl (C=O) groups excluding carboxylic acids is 1. The largest absolute Gasteiger partial charge is 0.464 e. The van der Waals surface area contributed by atoms with Crippen LogP contribution in [-0.4, -0.2) is 30.4 Å². The van der Waals surface area contributed by atoms with Crippen LogP contribution in [-0.2, 0) is 9.53 Å². The van der Waals surface area contributed by atoms with Crippen molar-refractivity contribution in [2.75, 3.05) is 7.11 Å². The number of aliphatic hydroxyl groups excluding tert-OH is 1. The van der Waals surface area contributed by atoms with Crippen molar-refractivity contribution < 1.29 is 14.6 Å². The van der Waals surface area contributed by atoms with Crippen molar-refractivity contribution in [1.82, 2.24) is 5.32 Å². The first-order valence-electron chi connectivity index (χ1n) is 11.2. The van der Waals surface area contributed by atoms with Gasteiger partial charge in [0.2, 0.25) is 0 Å². The van der Waals surface area contributed by atoms with Gasteiger partial charge in [-0.2, -0.15) is 0 Å². The van der Waals surface area contributed by atoms with Crippen LogP contribution < -0.4 is 11.1 Å². The summed E-state index contributed by atoms with van der Waals surface area (Å²) in [7, 11) is 1.31. The van der Waals surface area contributed by atoms with Gasteiger partial charge in [0.1, 0.15) is 5.70 Å². The lowest BCUT2D eigenvalue weighted by molar-refractivity contribution is -0.136. The number of ether oxygens (including phenoxy) is 1. The van der Waals surface area contributed by atoms with Gasteiger partial charge in [-0.15, -0.1) is 0 Å². The Morgan fingerprint density at radius 1 is 0.964 bits per heavy atom. The summed E-state index contributed by atoms with van der Waals surface area (Å²) in [5.74, 6) is -0.477. The lowest BCUT2D eigenvalue weighted by Crippen LogP contribution is -2.41. The number of aliphatic imine (C=N–C) groups is 1. The standard InChI is InChI=1S/C22H41N3O3/c1-3-4-5-6-7-8-9-10-11-12-13-14-15-16-17-18-19(21(27)28-2)24-22(23)25-20(18)26/h20,26H,3-17H2,1-2H3,(H3,23,24,25)/t20-/m1/s1. The van der Waals surface area contributed by atoms with Gasteiger partial charge in [-0.25, -0.2) is 9.79 Å². The fourth-order valence-electron chi connectivity index (χ4n) is 3.63. The van der Waals surface area contributed by atoms with Gasteiger partial charge < -0.3 is 20.9 Å². The molecule has 0 spiro atoms. The van der Waals surface area contributed by atoms with E-state index in [1.54, 1.807) is 0 Å². The summed E-state index contributed by atoms with van der Waals surface area (Å²) in [6, 6.07) is 0. The third-order valence-electron chi connectivity index (χ3n) is 5.34. The Morgan fingerprint density at radius 3 is 1.89 bits per heavy atom. The first-order chi connectivity index (χ1) is 13.6. The number of hydrogen-bond acceptors (Lipinski definition) is 6. The lowest BCUT2D eigenvalue weighted by Gasteiger charge is -2.22. The number of hydrogen-bond donors (Lipinski definition) is 3. The molecule has 1 aliphatic rings. The SMILES string of the molecule is CCCCCCCCCCCCCCCCC1=C(C(=O)OC)NC(N)=N[C@@H]1O. The van der Waals surface area contributed by atoms with E-state index in [4.69, 9.17) is 10.5 Å². The molecule has 28 heavy (non-hydrogen) atoms. The number of nitrogens with zero attached hydrogens (tertiary/aromatic N) is 1. The van der Waals surface area contributed by atoms with Crippen LogP contribution in [0.5, 0.6) is 0 Å². The van der Waals surface area contributed by atoms with E-state index in [2.05, 4.69) is 17.2 Å². The molecule has 1 aliphatic heterocycles. The molecule has 0 aromatic rings. The van der Waals surface area contributed by atoms with Crippen LogP contribution in [0.1, 0.15) is 103 Å². The molecule has 6 nitrogen and oxygen atoms in total. The summed E-state index contributed by atoms with van der Waals surface area (Å²) in [5, 5.41) is 12.8. The van der Waals surface area contributed by atoms with Gasteiger partial charge in [0.05, 0.1) is 7.11 Å². The van der Waals surface area contributed by atoms with E-state index in [-0.39, 0.29) is 11.7 Å². The van der Waals surface area contributed by atoms with E-state index >= 15 is 0 Å². The number of esters is 1. The maximum atomic E-state index is 11.9. The van der Waals surface area contributed by atoms with Crippen LogP contribution in [0.4, 0.5) is 0 Å². The highest BCUT2D eigenvalue weighted by Crippen LogP contribution is 2.21. The first kappa shape index (κ1) is 24.5. The zero-order chi connectivity index (χ0) is 20.6. The van der Waals surface area contributed by atoms with Crippen molar-refractivity contribution in [3.63, 3.8) is 0 Å². The normalized spacial score (nSPS) is 16.7. The molecule has 0 aromatic carbocycles. The van der Waals surface area contributed by atoms with E-state index < -0.39 is 12.2 Å². The maximum Gasteiger partial charge on any atom is 0.354 e. The van der Waals surface area contributed by atoms with Crippen molar-refractivity contribution in [2.24, 2.45) is 10.7 Å². The highest BCUT2D eigenvalue weighted by molar-refractivity contribution is 5.96. The highest BCUT2D eigenvalue weighted by atomic mass is 16.5. The Hall–Kier alpha value is -1.56. The summed E-state index contributed by atoms with van der Waals surface area (Å²) in [6.07, 6.45) is 17.7. The van der Waals surface area contributed by atoms with Crippen molar-refractivity contribution in [3.05, 3.63) is 11.3 Å². The Kier molecular flexibility index (Phi) is 13.4. The van der Waals surface area contributed by atoms with Crippen LogP contribution in [0.3, 0.4) is 0 Å². The van der Waals surface area contributed by atoms with Gasteiger partial charge in [0.25, 0.3) is 0 Å². The highest BCUT2D eigenvalue weighted by Gasteiger charge is 2.26. The van der Waals surface area contributed by atoms with E-state index in [1.165, 1.54) is 84.2 Å². The number of aliphatic hydroxyl groups is 1. The minimum absolute atomic E-state index is 0.0395. The zero-order valence-corrected chi connectivity index (χ0v) is 18.0. The van der Waals surface area contributed by atoms with E-state index in [0.29, 0.717) is 12.0 Å². The minimum Gasteiger partial charge on any atom is -0.464 e. The molecule has 1 atom stereocenters. The molecule has 4 N–H and O–H groups in total. The van der Waals surface area contributed by atoms with E-state index in [0.717, 1.165) is 12.8 Å². The molecule has 0 saturated heterocycles. The Balaban J connectivity index is 2.06. The first-order valence-corrected chi connectivity index (χ1v) is 11.2. The molecule has 0 aliphatic carbocycles. The molecule has 1 rings (SSSR count). The second-order valence-corrected chi connectivity index (χ2v) is 7.75. The molecule has 0 amide bonds. The van der Waals surface area contributed by atoms with Gasteiger partial charge in [0.15, 0.2) is 12.2 Å². The summed E-state index contributed by atoms with van der Waals surface area (Å²) < 4.78 is 4.76. The Morgan fingerprint density at radius 2 is 1.43 bits per heavy atom.